The van der Waals surface area contributed by atoms with Gasteiger partial charge in [0.2, 0.25) is 0 Å². The Kier molecular flexibility index (Phi) is 66.7. The number of aliphatic hydroxyl groups excluding tert-OH is 1. The number of carbonyl (C=O) groups is 4. The third-order valence-corrected chi connectivity index (χ3v) is 16.7. The number of phosphoric acid groups is 2. The Labute approximate surface area is 592 Å². The zero-order valence-corrected chi connectivity index (χ0v) is 62.4. The molecule has 0 heterocycles. The number of hydrogen-bond acceptors (Lipinski definition) is 15. The van der Waals surface area contributed by atoms with Crippen LogP contribution in [0.5, 0.6) is 0 Å². The largest absolute Gasteiger partial charge is 0.472 e. The van der Waals surface area contributed by atoms with Crippen LogP contribution in [0.25, 0.3) is 0 Å². The molecule has 0 spiro atoms. The molecule has 3 N–H and O–H groups in total. The van der Waals surface area contributed by atoms with E-state index in [1.165, 1.54) is 38.5 Å². The molecule has 0 saturated heterocycles. The fourth-order valence-corrected chi connectivity index (χ4v) is 10.8. The lowest BCUT2D eigenvalue weighted by Gasteiger charge is -2.21. The number of ether oxygens (including phenoxy) is 4. The zero-order valence-electron chi connectivity index (χ0n) is 60.7. The van der Waals surface area contributed by atoms with Crippen molar-refractivity contribution in [2.75, 3.05) is 39.6 Å². The first-order valence-corrected chi connectivity index (χ1v) is 40.1. The van der Waals surface area contributed by atoms with Crippen molar-refractivity contribution in [3.8, 4) is 0 Å². The highest BCUT2D eigenvalue weighted by Crippen LogP contribution is 2.45. The molecule has 0 aliphatic heterocycles. The topological polar surface area (TPSA) is 237 Å². The summed E-state index contributed by atoms with van der Waals surface area (Å²) >= 11 is 0. The minimum absolute atomic E-state index is 0.0582. The van der Waals surface area contributed by atoms with Gasteiger partial charge in [-0.15, -0.1) is 0 Å². The maximum absolute atomic E-state index is 13.1. The highest BCUT2D eigenvalue weighted by atomic mass is 31.2. The standard InChI is InChI=1S/C79H130O17P2/c1-5-9-13-17-21-25-29-32-35-36-39-41-45-48-52-56-60-64-77(82)90-70-75(96-79(84)66-62-58-54-50-46-42-38-34-31-27-23-19-15-11-7-3)72-94-98(87,88)92-68-73(80)67-91-97(85,86)93-71-74(95-78(83)65-61-57-53-49-43-28-24-20-16-12-8-4)69-89-76(81)63-59-55-51-47-44-40-37-33-30-26-22-18-14-10-6-2/h9-11,13-15,21-23,25-27,32-35,37-39,41,44,47-48,52,73-75,80H,5-8,12,16-20,24,28-31,36,40,42-43,45-46,49-51,53-72H2,1-4H3,(H,85,86)(H,87,88)/b13-9-,14-10-,15-11-,25-21-,26-22-,27-23-,35-32-,37-33-,38-34-,41-39-,47-44-,52-48-. The monoisotopic (exact) mass is 1410 g/mol. The molecular weight excluding hydrogens is 1280 g/mol. The summed E-state index contributed by atoms with van der Waals surface area (Å²) in [7, 11) is -9.98. The second-order valence-electron chi connectivity index (χ2n) is 24.1. The van der Waals surface area contributed by atoms with E-state index >= 15 is 0 Å². The molecule has 0 amide bonds. The van der Waals surface area contributed by atoms with Crippen molar-refractivity contribution in [3.05, 3.63) is 146 Å². The van der Waals surface area contributed by atoms with Gasteiger partial charge in [0.15, 0.2) is 12.2 Å². The van der Waals surface area contributed by atoms with Gasteiger partial charge in [0, 0.05) is 25.7 Å². The SMILES string of the molecule is CC/C=C\C/C=C\C/C=C\C/C=C\C/C=C\CCCC(=O)OCC(COP(=O)(O)OCC(O)COP(=O)(O)OCC(COC(=O)CCCC/C=C\C/C=C\C/C=C\C/C=C\CC)OC(=O)CCCCCCCCCCCCC)OC(=O)CCCCCCC/C=C\C/C=C\C/C=C\CC. The predicted molar refractivity (Wildman–Crippen MR) is 399 cm³/mol. The van der Waals surface area contributed by atoms with Crippen LogP contribution in [0.1, 0.15) is 272 Å². The molecule has 0 aliphatic rings. The van der Waals surface area contributed by atoms with Crippen molar-refractivity contribution in [1.82, 2.24) is 0 Å². The fraction of sp³-hybridized carbons (Fsp3) is 0.646. The predicted octanol–water partition coefficient (Wildman–Crippen LogP) is 21.1. The van der Waals surface area contributed by atoms with Crippen LogP contribution >= 0.6 is 15.6 Å². The van der Waals surface area contributed by atoms with Crippen LogP contribution in [0.4, 0.5) is 0 Å². The number of aliphatic hydroxyl groups is 1. The molecule has 5 unspecified atom stereocenters. The lowest BCUT2D eigenvalue weighted by Crippen LogP contribution is -2.30. The van der Waals surface area contributed by atoms with Crippen LogP contribution < -0.4 is 0 Å². The number of esters is 4. The maximum atomic E-state index is 13.1. The average molecular weight is 1410 g/mol. The van der Waals surface area contributed by atoms with E-state index < -0.39 is 97.5 Å². The van der Waals surface area contributed by atoms with Crippen LogP contribution in [0.2, 0.25) is 0 Å². The second-order valence-corrected chi connectivity index (χ2v) is 27.0. The summed E-state index contributed by atoms with van der Waals surface area (Å²) in [5, 5.41) is 10.6. The summed E-state index contributed by atoms with van der Waals surface area (Å²) in [6, 6.07) is 0. The molecule has 0 aromatic carbocycles. The van der Waals surface area contributed by atoms with E-state index in [9.17, 15) is 43.2 Å². The average Bonchev–Trinajstić information content (AvgIpc) is 0.986. The lowest BCUT2D eigenvalue weighted by molar-refractivity contribution is -0.161. The molecular formula is C79H130O17P2. The first-order chi connectivity index (χ1) is 47.7. The Morgan fingerprint density at radius 3 is 0.878 bits per heavy atom. The van der Waals surface area contributed by atoms with Crippen LogP contribution in [0.15, 0.2) is 146 Å². The zero-order chi connectivity index (χ0) is 71.8. The minimum Gasteiger partial charge on any atom is -0.462 e. The van der Waals surface area contributed by atoms with Gasteiger partial charge in [0.1, 0.15) is 19.3 Å². The number of hydrogen-bond donors (Lipinski definition) is 3. The molecule has 5 atom stereocenters. The highest BCUT2D eigenvalue weighted by molar-refractivity contribution is 7.47. The smallest absolute Gasteiger partial charge is 0.462 e. The van der Waals surface area contributed by atoms with Crippen molar-refractivity contribution in [2.24, 2.45) is 0 Å². The summed E-state index contributed by atoms with van der Waals surface area (Å²) in [4.78, 5) is 72.7. The Balaban J connectivity index is 5.44. The Bertz CT molecular complexity index is 2430. The summed E-state index contributed by atoms with van der Waals surface area (Å²) in [5.74, 6) is -2.32. The lowest BCUT2D eigenvalue weighted by atomic mass is 10.1. The third-order valence-electron chi connectivity index (χ3n) is 14.8. The maximum Gasteiger partial charge on any atom is 0.472 e. The first-order valence-electron chi connectivity index (χ1n) is 37.1. The van der Waals surface area contributed by atoms with Crippen LogP contribution in [-0.4, -0.2) is 96.7 Å². The van der Waals surface area contributed by atoms with Crippen molar-refractivity contribution in [3.63, 3.8) is 0 Å². The third kappa shape index (κ3) is 69.4. The quantitative estimate of drug-likeness (QED) is 0.0169. The molecule has 0 saturated carbocycles. The number of rotatable bonds is 68. The van der Waals surface area contributed by atoms with Crippen molar-refractivity contribution < 1.29 is 80.2 Å². The molecule has 19 heteroatoms. The van der Waals surface area contributed by atoms with Gasteiger partial charge >= 0.3 is 39.5 Å². The molecule has 17 nitrogen and oxygen atoms in total. The van der Waals surface area contributed by atoms with E-state index in [1.807, 2.05) is 12.2 Å². The molecule has 0 radical (unpaired) electrons. The van der Waals surface area contributed by atoms with Crippen molar-refractivity contribution in [1.29, 1.82) is 0 Å². The van der Waals surface area contributed by atoms with Crippen molar-refractivity contribution >= 4 is 39.5 Å². The molecule has 0 rings (SSSR count). The van der Waals surface area contributed by atoms with Crippen LogP contribution in [-0.2, 0) is 65.4 Å². The molecule has 558 valence electrons. The highest BCUT2D eigenvalue weighted by Gasteiger charge is 2.30. The normalized spacial score (nSPS) is 14.8. The number of allylic oxidation sites excluding steroid dienone is 24. The van der Waals surface area contributed by atoms with Crippen LogP contribution in [0, 0.1) is 0 Å². The Hall–Kier alpha value is -5.06. The fourth-order valence-electron chi connectivity index (χ4n) is 9.26. The van der Waals surface area contributed by atoms with E-state index in [0.29, 0.717) is 32.1 Å². The summed E-state index contributed by atoms with van der Waals surface area (Å²) in [6.45, 7) is 4.37. The Morgan fingerprint density at radius 1 is 0.296 bits per heavy atom. The van der Waals surface area contributed by atoms with Gasteiger partial charge in [0.25, 0.3) is 0 Å². The van der Waals surface area contributed by atoms with E-state index in [1.54, 1.807) is 0 Å². The van der Waals surface area contributed by atoms with Gasteiger partial charge in [-0.25, -0.2) is 9.13 Å². The molecule has 0 aromatic rings. The van der Waals surface area contributed by atoms with Gasteiger partial charge in [0.05, 0.1) is 26.4 Å². The molecule has 98 heavy (non-hydrogen) atoms. The second kappa shape index (κ2) is 70.4. The molecule has 0 aliphatic carbocycles. The van der Waals surface area contributed by atoms with Gasteiger partial charge in [-0.3, -0.25) is 37.3 Å². The van der Waals surface area contributed by atoms with Gasteiger partial charge < -0.3 is 33.8 Å². The van der Waals surface area contributed by atoms with Crippen LogP contribution in [0.3, 0.4) is 0 Å². The van der Waals surface area contributed by atoms with Gasteiger partial charge in [-0.2, -0.15) is 0 Å². The van der Waals surface area contributed by atoms with E-state index in [-0.39, 0.29) is 25.7 Å². The van der Waals surface area contributed by atoms with E-state index in [0.717, 1.165) is 148 Å². The number of unbranched alkanes of at least 4 members (excludes halogenated alkanes) is 18. The summed E-state index contributed by atoms with van der Waals surface area (Å²) in [6.07, 6.45) is 78.6. The Morgan fingerprint density at radius 2 is 0.541 bits per heavy atom. The van der Waals surface area contributed by atoms with E-state index in [2.05, 4.69) is 161 Å². The molecule has 0 fully saturated rings. The first kappa shape index (κ1) is 92.9. The van der Waals surface area contributed by atoms with Gasteiger partial charge in [-0.05, 0) is 135 Å². The summed E-state index contributed by atoms with van der Waals surface area (Å²) < 4.78 is 68.3. The van der Waals surface area contributed by atoms with E-state index in [4.69, 9.17) is 37.0 Å². The summed E-state index contributed by atoms with van der Waals surface area (Å²) in [5.41, 5.74) is 0. The molecule has 0 bridgehead atoms. The molecule has 0 aromatic heterocycles. The number of phosphoric ester groups is 2. The van der Waals surface area contributed by atoms with Crippen molar-refractivity contribution in [2.45, 2.75) is 290 Å². The minimum atomic E-state index is -5.00. The number of carbonyl (C=O) groups excluding carboxylic acids is 4. The van der Waals surface area contributed by atoms with Gasteiger partial charge in [-0.1, -0.05) is 257 Å².